The largest absolute Gasteiger partial charge is 0.462 e. The highest BCUT2D eigenvalue weighted by atomic mass is 16.6. The highest BCUT2D eigenvalue weighted by Gasteiger charge is 2.19. The number of carbonyl (C=O) groups is 3. The van der Waals surface area contributed by atoms with Crippen LogP contribution in [0.15, 0.2) is 36.5 Å². The number of hydrogen-bond acceptors (Lipinski definition) is 6. The van der Waals surface area contributed by atoms with Gasteiger partial charge in [0.1, 0.15) is 13.2 Å². The SMILES string of the molecule is CCCCC/C=C\C/C=C\CCCCCCCC(=O)OC(COC(=O)CCCCCCC/C=C\CCCCCC)COC(=O)CCCCCCCCCCCCCCCCCCCCCCCC. The van der Waals surface area contributed by atoms with Crippen molar-refractivity contribution in [2.45, 2.75) is 329 Å². The van der Waals surface area contributed by atoms with Crippen LogP contribution in [0.25, 0.3) is 0 Å². The lowest BCUT2D eigenvalue weighted by atomic mass is 10.0. The Labute approximate surface area is 423 Å². The smallest absolute Gasteiger partial charge is 0.306 e. The molecule has 398 valence electrons. The first kappa shape index (κ1) is 65.6. The zero-order valence-corrected chi connectivity index (χ0v) is 45.6. The van der Waals surface area contributed by atoms with E-state index in [9.17, 15) is 14.4 Å². The van der Waals surface area contributed by atoms with Crippen molar-refractivity contribution in [3.63, 3.8) is 0 Å². The summed E-state index contributed by atoms with van der Waals surface area (Å²) in [6.07, 6.45) is 68.6. The summed E-state index contributed by atoms with van der Waals surface area (Å²) in [7, 11) is 0. The standard InChI is InChI=1S/C62H114O6/c1-4-7-10-13-16-19-22-25-27-28-29-30-31-32-33-35-37-40-43-46-49-52-55-61(64)67-58-59(57-66-60(63)54-51-48-45-42-39-36-24-21-18-15-12-9-6-3)68-62(65)56-53-50-47-44-41-38-34-26-23-20-17-14-11-8-5-2/h17,20-21,24,26,34,59H,4-16,18-19,22-23,25,27-33,35-58H2,1-3H3/b20-17-,24-21-,34-26-. The Hall–Kier alpha value is -2.37. The molecule has 6 nitrogen and oxygen atoms in total. The zero-order chi connectivity index (χ0) is 49.3. The van der Waals surface area contributed by atoms with Gasteiger partial charge in [-0.15, -0.1) is 0 Å². The van der Waals surface area contributed by atoms with Crippen LogP contribution < -0.4 is 0 Å². The van der Waals surface area contributed by atoms with Gasteiger partial charge in [-0.3, -0.25) is 14.4 Å². The highest BCUT2D eigenvalue weighted by molar-refractivity contribution is 5.71. The third kappa shape index (κ3) is 54.6. The number of unbranched alkanes of at least 4 members (excludes halogenated alkanes) is 38. The van der Waals surface area contributed by atoms with E-state index in [1.54, 1.807) is 0 Å². The zero-order valence-electron chi connectivity index (χ0n) is 45.6. The van der Waals surface area contributed by atoms with E-state index in [2.05, 4.69) is 57.2 Å². The van der Waals surface area contributed by atoms with Gasteiger partial charge < -0.3 is 14.2 Å². The second kappa shape index (κ2) is 57.2. The normalized spacial score (nSPS) is 12.2. The Morgan fingerprint density at radius 3 is 0.868 bits per heavy atom. The molecule has 0 saturated carbocycles. The maximum absolute atomic E-state index is 12.8. The Kier molecular flexibility index (Phi) is 55.2. The number of allylic oxidation sites excluding steroid dienone is 6. The monoisotopic (exact) mass is 955 g/mol. The van der Waals surface area contributed by atoms with Crippen LogP contribution in [0.3, 0.4) is 0 Å². The summed E-state index contributed by atoms with van der Waals surface area (Å²) < 4.78 is 16.9. The van der Waals surface area contributed by atoms with Crippen LogP contribution in [0.2, 0.25) is 0 Å². The minimum absolute atomic E-state index is 0.0769. The molecule has 0 N–H and O–H groups in total. The Morgan fingerprint density at radius 2 is 0.529 bits per heavy atom. The van der Waals surface area contributed by atoms with Gasteiger partial charge in [0.2, 0.25) is 0 Å². The Balaban J connectivity index is 4.28. The first-order valence-electron chi connectivity index (χ1n) is 30.0. The lowest BCUT2D eigenvalue weighted by Crippen LogP contribution is -2.30. The van der Waals surface area contributed by atoms with Crippen LogP contribution in [-0.4, -0.2) is 37.2 Å². The Morgan fingerprint density at radius 1 is 0.294 bits per heavy atom. The number of esters is 3. The summed E-state index contributed by atoms with van der Waals surface area (Å²) in [5.74, 6) is -0.882. The molecule has 0 rings (SSSR count). The van der Waals surface area contributed by atoms with Gasteiger partial charge in [-0.1, -0.05) is 263 Å². The molecule has 1 atom stereocenters. The van der Waals surface area contributed by atoms with E-state index in [0.29, 0.717) is 19.3 Å². The predicted molar refractivity (Wildman–Crippen MR) is 293 cm³/mol. The van der Waals surface area contributed by atoms with Gasteiger partial charge in [0.15, 0.2) is 6.10 Å². The first-order chi connectivity index (χ1) is 33.5. The summed E-state index contributed by atoms with van der Waals surface area (Å²) in [4.78, 5) is 38.1. The van der Waals surface area contributed by atoms with Crippen LogP contribution in [0.1, 0.15) is 323 Å². The lowest BCUT2D eigenvalue weighted by Gasteiger charge is -2.18. The molecule has 6 heteroatoms. The van der Waals surface area contributed by atoms with Crippen LogP contribution >= 0.6 is 0 Å². The molecule has 0 aromatic rings. The van der Waals surface area contributed by atoms with E-state index in [4.69, 9.17) is 14.2 Å². The molecule has 0 aliphatic carbocycles. The molecular formula is C62H114O6. The molecule has 0 bridgehead atoms. The molecular weight excluding hydrogens is 841 g/mol. The van der Waals surface area contributed by atoms with Gasteiger partial charge in [0.05, 0.1) is 0 Å². The lowest BCUT2D eigenvalue weighted by molar-refractivity contribution is -0.167. The number of ether oxygens (including phenoxy) is 3. The van der Waals surface area contributed by atoms with Crippen LogP contribution in [-0.2, 0) is 28.6 Å². The van der Waals surface area contributed by atoms with Gasteiger partial charge in [0.25, 0.3) is 0 Å². The van der Waals surface area contributed by atoms with Gasteiger partial charge in [-0.05, 0) is 77.0 Å². The van der Waals surface area contributed by atoms with E-state index in [0.717, 1.165) is 89.9 Å². The van der Waals surface area contributed by atoms with Crippen molar-refractivity contribution >= 4 is 17.9 Å². The summed E-state index contributed by atoms with van der Waals surface area (Å²) in [5.41, 5.74) is 0. The van der Waals surface area contributed by atoms with Crippen molar-refractivity contribution < 1.29 is 28.6 Å². The van der Waals surface area contributed by atoms with E-state index in [1.165, 1.54) is 193 Å². The van der Waals surface area contributed by atoms with Gasteiger partial charge in [-0.25, -0.2) is 0 Å². The summed E-state index contributed by atoms with van der Waals surface area (Å²) in [6, 6.07) is 0. The molecule has 0 spiro atoms. The minimum Gasteiger partial charge on any atom is -0.462 e. The molecule has 0 amide bonds. The van der Waals surface area contributed by atoms with Gasteiger partial charge in [-0.2, -0.15) is 0 Å². The number of hydrogen-bond donors (Lipinski definition) is 0. The maximum Gasteiger partial charge on any atom is 0.306 e. The minimum atomic E-state index is -0.780. The van der Waals surface area contributed by atoms with Crippen LogP contribution in [0.5, 0.6) is 0 Å². The second-order valence-corrected chi connectivity index (χ2v) is 20.3. The molecule has 1 unspecified atom stereocenters. The average Bonchev–Trinajstić information content (AvgIpc) is 3.34. The number of rotatable bonds is 55. The maximum atomic E-state index is 12.8. The van der Waals surface area contributed by atoms with Gasteiger partial charge in [0, 0.05) is 19.3 Å². The average molecular weight is 956 g/mol. The molecule has 0 aromatic heterocycles. The van der Waals surface area contributed by atoms with Crippen molar-refractivity contribution in [2.75, 3.05) is 13.2 Å². The van der Waals surface area contributed by atoms with Crippen molar-refractivity contribution in [2.24, 2.45) is 0 Å². The molecule has 68 heavy (non-hydrogen) atoms. The number of carbonyl (C=O) groups excluding carboxylic acids is 3. The third-order valence-electron chi connectivity index (χ3n) is 13.4. The van der Waals surface area contributed by atoms with Crippen LogP contribution in [0, 0.1) is 0 Å². The van der Waals surface area contributed by atoms with Gasteiger partial charge >= 0.3 is 17.9 Å². The fourth-order valence-corrected chi connectivity index (χ4v) is 8.82. The van der Waals surface area contributed by atoms with Crippen molar-refractivity contribution in [3.8, 4) is 0 Å². The van der Waals surface area contributed by atoms with Crippen molar-refractivity contribution in [1.29, 1.82) is 0 Å². The molecule has 0 radical (unpaired) electrons. The van der Waals surface area contributed by atoms with E-state index < -0.39 is 6.10 Å². The highest BCUT2D eigenvalue weighted by Crippen LogP contribution is 2.17. The van der Waals surface area contributed by atoms with Crippen LogP contribution in [0.4, 0.5) is 0 Å². The molecule has 0 heterocycles. The molecule has 0 aliphatic rings. The summed E-state index contributed by atoms with van der Waals surface area (Å²) in [5, 5.41) is 0. The Bertz CT molecular complexity index is 1140. The fourth-order valence-electron chi connectivity index (χ4n) is 8.82. The molecule has 0 saturated heterocycles. The quantitative estimate of drug-likeness (QED) is 0.0262. The third-order valence-corrected chi connectivity index (χ3v) is 13.4. The molecule has 0 fully saturated rings. The fraction of sp³-hybridized carbons (Fsp3) is 0.855. The summed E-state index contributed by atoms with van der Waals surface area (Å²) in [6.45, 7) is 6.62. The summed E-state index contributed by atoms with van der Waals surface area (Å²) >= 11 is 0. The van der Waals surface area contributed by atoms with E-state index >= 15 is 0 Å². The topological polar surface area (TPSA) is 78.9 Å². The molecule has 0 aliphatic heterocycles. The van der Waals surface area contributed by atoms with E-state index in [-0.39, 0.29) is 31.1 Å². The van der Waals surface area contributed by atoms with Crippen molar-refractivity contribution in [1.82, 2.24) is 0 Å². The van der Waals surface area contributed by atoms with E-state index in [1.807, 2.05) is 0 Å². The van der Waals surface area contributed by atoms with Crippen molar-refractivity contribution in [3.05, 3.63) is 36.5 Å². The predicted octanol–water partition coefficient (Wildman–Crippen LogP) is 20.0. The second-order valence-electron chi connectivity index (χ2n) is 20.3. The molecule has 0 aromatic carbocycles. The first-order valence-corrected chi connectivity index (χ1v) is 30.0.